The number of Topliss-reactive ketones (excluding diaryl/α,β-unsaturated/α-hetero) is 3. The molecule has 0 unspecified atom stereocenters. The van der Waals surface area contributed by atoms with Crippen LogP contribution in [0.2, 0.25) is 0 Å². The highest BCUT2D eigenvalue weighted by atomic mass is 16.6. The molecule has 15 heteroatoms. The molecule has 3 saturated heterocycles. The van der Waals surface area contributed by atoms with E-state index in [1.54, 1.807) is 34.0 Å². The van der Waals surface area contributed by atoms with E-state index in [9.17, 15) is 39.3 Å². The van der Waals surface area contributed by atoms with Crippen LogP contribution in [-0.2, 0) is 52.4 Å². The molecule has 0 spiro atoms. The molecule has 3 N–H and O–H groups in total. The van der Waals surface area contributed by atoms with Crippen LogP contribution in [0.3, 0.4) is 0 Å². The fourth-order valence-corrected chi connectivity index (χ4v) is 10.7. The number of piperidine rings is 1. The topological polar surface area (TPSA) is 205 Å². The lowest BCUT2D eigenvalue weighted by Gasteiger charge is -2.43. The Morgan fingerprint density at radius 2 is 1.59 bits per heavy atom. The van der Waals surface area contributed by atoms with Gasteiger partial charge in [0.1, 0.15) is 30.1 Å². The van der Waals surface area contributed by atoms with Gasteiger partial charge in [-0.2, -0.15) is 0 Å². The van der Waals surface area contributed by atoms with Crippen molar-refractivity contribution < 1.29 is 67.7 Å². The normalized spacial score (nSPS) is 40.0. The van der Waals surface area contributed by atoms with Crippen LogP contribution in [0.25, 0.3) is 0 Å². The van der Waals surface area contributed by atoms with Crippen molar-refractivity contribution >= 4 is 29.2 Å². The molecule has 1 amide bonds. The first-order chi connectivity index (χ1) is 32.8. The smallest absolute Gasteiger partial charge is 0.329 e. The van der Waals surface area contributed by atoms with Crippen molar-refractivity contribution in [1.29, 1.82) is 0 Å². The number of amides is 1. The van der Waals surface area contributed by atoms with Gasteiger partial charge in [0.05, 0.1) is 44.2 Å². The molecule has 4 fully saturated rings. The molecule has 5 aliphatic rings. The van der Waals surface area contributed by atoms with E-state index in [0.717, 1.165) is 12.0 Å². The first kappa shape index (κ1) is 56.5. The van der Waals surface area contributed by atoms with Crippen molar-refractivity contribution in [1.82, 2.24) is 4.90 Å². The second kappa shape index (κ2) is 26.3. The standard InChI is InChI=1S/C54H83NO14/c1-32-15-11-10-12-16-33(2)45(67-31-40-29-66-30-40)27-41-20-18-38(7)54(63,69-41)51(60)52(61)55-22-14-13-17-42(55)53(62)68-46(35(4)25-39-19-21-43(56)47(26-39)64-8)28-44(57)34(3)24-37(6)49(59)50(65-9)48(58)36(5)23-32/h10-12,15-16,24,32,34-36,38-43,45-47,49-50,56,59,63H,13-14,17-23,25-31H2,1-9H3/b12-10+,15-11+,33-16+,37-24+/t32-,34-,35-,36-,38-,39+,41+,42+,43-,45+,46+,47-,49-,50+,54-/m1/s1. The van der Waals surface area contributed by atoms with Crippen LogP contribution in [0.1, 0.15) is 126 Å². The average molecular weight is 970 g/mol. The predicted molar refractivity (Wildman–Crippen MR) is 258 cm³/mol. The quantitative estimate of drug-likeness (QED) is 0.141. The van der Waals surface area contributed by atoms with Crippen LogP contribution >= 0.6 is 0 Å². The van der Waals surface area contributed by atoms with Gasteiger partial charge in [-0.3, -0.25) is 19.2 Å². The number of hydrogen-bond acceptors (Lipinski definition) is 14. The summed E-state index contributed by atoms with van der Waals surface area (Å²) < 4.78 is 35.5. The summed E-state index contributed by atoms with van der Waals surface area (Å²) >= 11 is 0. The Bertz CT molecular complexity index is 1870. The number of aliphatic hydroxyl groups excluding tert-OH is 2. The summed E-state index contributed by atoms with van der Waals surface area (Å²) in [5.74, 6) is -7.78. The molecular weight excluding hydrogens is 887 g/mol. The lowest BCUT2D eigenvalue weighted by molar-refractivity contribution is -0.266. The Morgan fingerprint density at radius 1 is 0.855 bits per heavy atom. The van der Waals surface area contributed by atoms with Crippen LogP contribution in [0.5, 0.6) is 0 Å². The Balaban J connectivity index is 1.47. The average Bonchev–Trinajstić information content (AvgIpc) is 3.31. The minimum Gasteiger partial charge on any atom is -0.460 e. The van der Waals surface area contributed by atoms with Gasteiger partial charge >= 0.3 is 5.97 Å². The molecule has 5 rings (SSSR count). The van der Waals surface area contributed by atoms with Gasteiger partial charge in [-0.1, -0.05) is 71.1 Å². The fourth-order valence-electron chi connectivity index (χ4n) is 10.7. The van der Waals surface area contributed by atoms with Gasteiger partial charge in [-0.15, -0.1) is 0 Å². The molecule has 388 valence electrons. The van der Waals surface area contributed by atoms with Crippen LogP contribution in [0, 0.1) is 41.4 Å². The van der Waals surface area contributed by atoms with Crippen molar-refractivity contribution in [3.05, 3.63) is 47.6 Å². The van der Waals surface area contributed by atoms with Gasteiger partial charge in [0.15, 0.2) is 5.78 Å². The summed E-state index contributed by atoms with van der Waals surface area (Å²) in [5.41, 5.74) is 1.28. The van der Waals surface area contributed by atoms with Gasteiger partial charge in [0.2, 0.25) is 5.79 Å². The summed E-state index contributed by atoms with van der Waals surface area (Å²) in [6, 6.07) is -1.15. The van der Waals surface area contributed by atoms with Crippen molar-refractivity contribution in [2.75, 3.05) is 40.6 Å². The number of rotatable bonds is 8. The summed E-state index contributed by atoms with van der Waals surface area (Å²) in [5, 5.41) is 34.1. The van der Waals surface area contributed by atoms with E-state index in [-0.39, 0.29) is 60.7 Å². The summed E-state index contributed by atoms with van der Waals surface area (Å²) in [7, 11) is 2.95. The lowest BCUT2D eigenvalue weighted by atomic mass is 9.78. The maximum atomic E-state index is 14.5. The van der Waals surface area contributed by atoms with Crippen LogP contribution in [0.4, 0.5) is 0 Å². The predicted octanol–water partition coefficient (Wildman–Crippen LogP) is 6.20. The molecule has 15 nitrogen and oxygen atoms in total. The SMILES string of the molecule is CO[C@@H]1C[C@H](C[C@@H](C)[C@@H]2CC(=O)[C@H](C)/C=C(\C)[C@@H](O)[C@@H](OC)C(=O)[C@H](C)C[C@H](C)/C=C/C=C/C=C(\C)[C@@H](OCC3COC3)C[C@@H]3CC[C@@H](C)[C@@](O)(O3)C(=O)C(=O)N3CCCC[C@H]3C(=O)O2)CC[C@H]1O. The molecule has 0 aromatic rings. The molecule has 69 heavy (non-hydrogen) atoms. The van der Waals surface area contributed by atoms with Crippen molar-refractivity contribution in [2.45, 2.75) is 180 Å². The second-order valence-corrected chi connectivity index (χ2v) is 21.1. The fraction of sp³-hybridized carbons (Fsp3) is 0.759. The second-order valence-electron chi connectivity index (χ2n) is 21.1. The summed E-state index contributed by atoms with van der Waals surface area (Å²) in [6.07, 6.45) is 11.2. The third kappa shape index (κ3) is 15.1. The molecule has 0 aromatic carbocycles. The van der Waals surface area contributed by atoms with Crippen LogP contribution in [-0.4, -0.2) is 145 Å². The zero-order valence-corrected chi connectivity index (χ0v) is 42.7. The third-order valence-corrected chi connectivity index (χ3v) is 15.4. The van der Waals surface area contributed by atoms with E-state index >= 15 is 0 Å². The van der Waals surface area contributed by atoms with Gasteiger partial charge in [0, 0.05) is 57.3 Å². The zero-order valence-electron chi connectivity index (χ0n) is 42.7. The van der Waals surface area contributed by atoms with Crippen LogP contribution < -0.4 is 0 Å². The van der Waals surface area contributed by atoms with Crippen molar-refractivity contribution in [3.8, 4) is 0 Å². The number of allylic oxidation sites excluding steroid dienone is 6. The number of methoxy groups -OCH3 is 2. The van der Waals surface area contributed by atoms with Gasteiger partial charge in [-0.25, -0.2) is 4.79 Å². The molecule has 15 atom stereocenters. The third-order valence-electron chi connectivity index (χ3n) is 15.4. The Morgan fingerprint density at radius 3 is 2.28 bits per heavy atom. The minimum absolute atomic E-state index is 0.00918. The Kier molecular flexibility index (Phi) is 21.6. The number of aliphatic hydroxyl groups is 3. The largest absolute Gasteiger partial charge is 0.460 e. The monoisotopic (exact) mass is 970 g/mol. The molecule has 0 radical (unpaired) electrons. The molecule has 1 saturated carbocycles. The number of nitrogens with zero attached hydrogens (tertiary/aromatic N) is 1. The Labute approximate surface area is 410 Å². The minimum atomic E-state index is -2.45. The van der Waals surface area contributed by atoms with Crippen molar-refractivity contribution in [2.24, 2.45) is 41.4 Å². The van der Waals surface area contributed by atoms with E-state index in [1.807, 2.05) is 58.1 Å². The Hall–Kier alpha value is -3.41. The number of ether oxygens (including phenoxy) is 6. The summed E-state index contributed by atoms with van der Waals surface area (Å²) in [6.45, 7) is 14.5. The highest BCUT2D eigenvalue weighted by Gasteiger charge is 2.53. The number of hydrogen-bond donors (Lipinski definition) is 3. The first-order valence-electron chi connectivity index (χ1n) is 25.6. The van der Waals surface area contributed by atoms with E-state index in [0.29, 0.717) is 83.2 Å². The van der Waals surface area contributed by atoms with Gasteiger partial charge < -0.3 is 48.6 Å². The molecule has 4 heterocycles. The maximum absolute atomic E-state index is 14.5. The zero-order chi connectivity index (χ0) is 50.6. The van der Waals surface area contributed by atoms with Crippen LogP contribution in [0.15, 0.2) is 47.6 Å². The summed E-state index contributed by atoms with van der Waals surface area (Å²) in [4.78, 5) is 72.3. The van der Waals surface area contributed by atoms with Gasteiger partial charge in [-0.05, 0) is 107 Å². The molecule has 4 aliphatic heterocycles. The number of cyclic esters (lactones) is 1. The number of esters is 1. The number of carbonyl (C=O) groups excluding carboxylic acids is 5. The van der Waals surface area contributed by atoms with Gasteiger partial charge in [0.25, 0.3) is 11.7 Å². The number of fused-ring (bicyclic) bond motifs is 3. The molecule has 2 bridgehead atoms. The van der Waals surface area contributed by atoms with E-state index < -0.39 is 83.9 Å². The van der Waals surface area contributed by atoms with E-state index in [1.165, 1.54) is 12.0 Å². The highest BCUT2D eigenvalue weighted by molar-refractivity contribution is 6.39. The molecule has 0 aromatic heterocycles. The van der Waals surface area contributed by atoms with E-state index in [4.69, 9.17) is 28.4 Å². The maximum Gasteiger partial charge on any atom is 0.329 e. The lowest BCUT2D eigenvalue weighted by Crippen LogP contribution is -2.61. The van der Waals surface area contributed by atoms with E-state index in [2.05, 4.69) is 0 Å². The highest BCUT2D eigenvalue weighted by Crippen LogP contribution is 2.38. The number of ketones is 3. The molecular formula is C54H83NO14. The molecule has 1 aliphatic carbocycles. The number of carbonyl (C=O) groups is 5. The van der Waals surface area contributed by atoms with Crippen molar-refractivity contribution in [3.63, 3.8) is 0 Å². The first-order valence-corrected chi connectivity index (χ1v) is 25.6.